The Labute approximate surface area is 221 Å². The molecule has 1 saturated heterocycles. The van der Waals surface area contributed by atoms with Crippen LogP contribution in [0.5, 0.6) is 0 Å². The van der Waals surface area contributed by atoms with Crippen LogP contribution in [0, 0.1) is 0 Å². The minimum absolute atomic E-state index is 0.472. The number of aromatic nitrogens is 8. The van der Waals surface area contributed by atoms with Crippen LogP contribution in [0.3, 0.4) is 0 Å². The van der Waals surface area contributed by atoms with Crippen LogP contribution in [0.15, 0.2) is 55.2 Å². The normalized spacial score (nSPS) is 15.4. The van der Waals surface area contributed by atoms with Crippen LogP contribution in [-0.4, -0.2) is 52.4 Å². The minimum Gasteiger partial charge on any atom is -0.317 e. The molecule has 4 aromatic heterocycles. The van der Waals surface area contributed by atoms with Crippen LogP contribution < -0.4 is 5.32 Å². The highest BCUT2D eigenvalue weighted by Gasteiger charge is 2.27. The fourth-order valence-electron chi connectivity index (χ4n) is 5.83. The Balaban J connectivity index is 1.21. The van der Waals surface area contributed by atoms with Crippen molar-refractivity contribution in [3.63, 3.8) is 0 Å². The van der Waals surface area contributed by atoms with Gasteiger partial charge in [-0.05, 0) is 55.5 Å². The van der Waals surface area contributed by atoms with Crippen molar-refractivity contribution in [3.05, 3.63) is 77.9 Å². The molecule has 1 N–H and O–H groups in total. The molecule has 1 aliphatic carbocycles. The third kappa shape index (κ3) is 4.12. The van der Waals surface area contributed by atoms with Crippen molar-refractivity contribution in [2.24, 2.45) is 14.1 Å². The third-order valence-electron chi connectivity index (χ3n) is 7.80. The van der Waals surface area contributed by atoms with Crippen LogP contribution in [0.2, 0.25) is 0 Å². The molecule has 5 heterocycles. The topological polar surface area (TPSA) is 91.3 Å². The molecule has 0 spiro atoms. The maximum Gasteiger partial charge on any atom is 0.133 e. The van der Waals surface area contributed by atoms with Crippen molar-refractivity contribution in [2.45, 2.75) is 38.1 Å². The molecule has 2 aliphatic rings. The molecule has 5 aromatic rings. The van der Waals surface area contributed by atoms with Crippen molar-refractivity contribution in [2.75, 3.05) is 13.1 Å². The molecule has 0 bridgehead atoms. The van der Waals surface area contributed by atoms with Crippen molar-refractivity contribution in [1.29, 1.82) is 0 Å². The van der Waals surface area contributed by atoms with Crippen LogP contribution in [0.1, 0.15) is 41.5 Å². The molecule has 0 atom stereocenters. The highest BCUT2D eigenvalue weighted by Crippen LogP contribution is 2.39. The summed E-state index contributed by atoms with van der Waals surface area (Å²) in [5.41, 5.74) is 10.1. The Kier molecular flexibility index (Phi) is 5.65. The maximum absolute atomic E-state index is 5.12. The Morgan fingerprint density at radius 1 is 0.895 bits per heavy atom. The number of rotatable bonds is 5. The van der Waals surface area contributed by atoms with Gasteiger partial charge in [-0.1, -0.05) is 24.3 Å². The second kappa shape index (κ2) is 9.33. The van der Waals surface area contributed by atoms with Crippen molar-refractivity contribution in [1.82, 2.24) is 44.6 Å². The number of benzene rings is 1. The van der Waals surface area contributed by atoms with E-state index in [0.29, 0.717) is 12.5 Å². The van der Waals surface area contributed by atoms with Gasteiger partial charge in [0.05, 0.1) is 35.5 Å². The quantitative estimate of drug-likeness (QED) is 0.391. The Morgan fingerprint density at radius 3 is 2.50 bits per heavy atom. The van der Waals surface area contributed by atoms with E-state index in [-0.39, 0.29) is 0 Å². The molecule has 0 saturated carbocycles. The van der Waals surface area contributed by atoms with Gasteiger partial charge in [0.15, 0.2) is 0 Å². The van der Waals surface area contributed by atoms with Gasteiger partial charge in [-0.15, -0.1) is 0 Å². The van der Waals surface area contributed by atoms with Gasteiger partial charge in [0.1, 0.15) is 5.82 Å². The summed E-state index contributed by atoms with van der Waals surface area (Å²) < 4.78 is 5.96. The van der Waals surface area contributed by atoms with Crippen LogP contribution in [-0.2, 0) is 33.4 Å². The van der Waals surface area contributed by atoms with Crippen LogP contribution >= 0.6 is 0 Å². The van der Waals surface area contributed by atoms with Gasteiger partial charge in [-0.2, -0.15) is 15.3 Å². The standard InChI is InChI=1S/C29H31N9/c1-36-18-23(16-32-36)20-3-5-21(6-4-20)29-27-25(35-37(29)2)8-7-22-15-31-26(34-28(22)27)13-19-14-33-38(17-19)24-9-11-30-12-10-24/h3-6,14-18,24,30H,7-13H2,1-2H3. The zero-order valence-electron chi connectivity index (χ0n) is 21.8. The second-order valence-corrected chi connectivity index (χ2v) is 10.4. The first-order valence-corrected chi connectivity index (χ1v) is 13.4. The number of piperidine rings is 1. The number of nitrogens with one attached hydrogen (secondary N) is 1. The lowest BCUT2D eigenvalue weighted by Crippen LogP contribution is -2.29. The summed E-state index contributed by atoms with van der Waals surface area (Å²) in [5, 5.41) is 17.3. The summed E-state index contributed by atoms with van der Waals surface area (Å²) in [4.78, 5) is 9.86. The van der Waals surface area contributed by atoms with E-state index >= 15 is 0 Å². The fourth-order valence-corrected chi connectivity index (χ4v) is 5.83. The van der Waals surface area contributed by atoms with Crippen molar-refractivity contribution < 1.29 is 0 Å². The predicted octanol–water partition coefficient (Wildman–Crippen LogP) is 3.76. The van der Waals surface area contributed by atoms with Crippen molar-refractivity contribution in [3.8, 4) is 33.6 Å². The lowest BCUT2D eigenvalue weighted by atomic mass is 9.91. The van der Waals surface area contributed by atoms with E-state index in [0.717, 1.165) is 89.5 Å². The smallest absolute Gasteiger partial charge is 0.133 e. The SMILES string of the molecule is Cn1cc(-c2ccc(-c3c4c(nn3C)CCc3cnc(Cc5cnn(C6CCNCC6)c5)nc3-4)cc2)cn1. The van der Waals surface area contributed by atoms with Gasteiger partial charge < -0.3 is 5.32 Å². The van der Waals surface area contributed by atoms with Gasteiger partial charge in [-0.3, -0.25) is 14.0 Å². The zero-order chi connectivity index (χ0) is 25.6. The predicted molar refractivity (Wildman–Crippen MR) is 145 cm³/mol. The number of hydrogen-bond donors (Lipinski definition) is 1. The van der Waals surface area contributed by atoms with Crippen molar-refractivity contribution >= 4 is 0 Å². The molecule has 1 aromatic carbocycles. The average Bonchev–Trinajstić information content (AvgIpc) is 3.68. The highest BCUT2D eigenvalue weighted by molar-refractivity contribution is 5.84. The first kappa shape index (κ1) is 23.0. The number of fused-ring (bicyclic) bond motifs is 3. The van der Waals surface area contributed by atoms with Gasteiger partial charge in [-0.25, -0.2) is 9.97 Å². The molecular formula is C29H31N9. The first-order chi connectivity index (χ1) is 18.6. The first-order valence-electron chi connectivity index (χ1n) is 13.4. The van der Waals surface area contributed by atoms with Gasteiger partial charge >= 0.3 is 0 Å². The molecule has 0 unspecified atom stereocenters. The summed E-state index contributed by atoms with van der Waals surface area (Å²) in [5.74, 6) is 0.822. The molecular weight excluding hydrogens is 474 g/mol. The molecule has 192 valence electrons. The molecule has 1 aliphatic heterocycles. The van der Waals surface area contributed by atoms with E-state index in [1.165, 1.54) is 5.56 Å². The monoisotopic (exact) mass is 505 g/mol. The minimum atomic E-state index is 0.472. The maximum atomic E-state index is 5.12. The number of aryl methyl sites for hydroxylation is 4. The summed E-state index contributed by atoms with van der Waals surface area (Å²) in [6.45, 7) is 2.10. The molecule has 0 radical (unpaired) electrons. The van der Waals surface area contributed by atoms with E-state index in [4.69, 9.17) is 15.1 Å². The highest BCUT2D eigenvalue weighted by atomic mass is 15.3. The molecule has 9 nitrogen and oxygen atoms in total. The Bertz CT molecular complexity index is 1600. The van der Waals surface area contributed by atoms with Crippen LogP contribution in [0.25, 0.3) is 33.6 Å². The third-order valence-corrected chi connectivity index (χ3v) is 7.80. The fraction of sp³-hybridized carbons (Fsp3) is 0.345. The summed E-state index contributed by atoms with van der Waals surface area (Å²) >= 11 is 0. The largest absolute Gasteiger partial charge is 0.317 e. The van der Waals surface area contributed by atoms with Gasteiger partial charge in [0, 0.05) is 55.8 Å². The second-order valence-electron chi connectivity index (χ2n) is 10.4. The van der Waals surface area contributed by atoms with E-state index in [2.05, 4.69) is 50.7 Å². The molecule has 0 amide bonds. The number of hydrogen-bond acceptors (Lipinski definition) is 6. The van der Waals surface area contributed by atoms with Crippen LogP contribution in [0.4, 0.5) is 0 Å². The lowest BCUT2D eigenvalue weighted by Gasteiger charge is -2.22. The molecule has 38 heavy (non-hydrogen) atoms. The summed E-state index contributed by atoms with van der Waals surface area (Å²) in [6.07, 6.45) is 14.8. The van der Waals surface area contributed by atoms with E-state index in [1.54, 1.807) is 0 Å². The van der Waals surface area contributed by atoms with Gasteiger partial charge in [0.25, 0.3) is 0 Å². The average molecular weight is 506 g/mol. The summed E-state index contributed by atoms with van der Waals surface area (Å²) in [7, 11) is 3.97. The summed E-state index contributed by atoms with van der Waals surface area (Å²) in [6, 6.07) is 9.12. The number of nitrogens with zero attached hydrogens (tertiary/aromatic N) is 8. The van der Waals surface area contributed by atoms with E-state index in [9.17, 15) is 0 Å². The van der Waals surface area contributed by atoms with E-state index in [1.807, 2.05) is 48.2 Å². The Hall–Kier alpha value is -4.11. The molecule has 1 fully saturated rings. The Morgan fingerprint density at radius 2 is 1.71 bits per heavy atom. The zero-order valence-corrected chi connectivity index (χ0v) is 21.8. The molecule has 9 heteroatoms. The van der Waals surface area contributed by atoms with Gasteiger partial charge in [0.2, 0.25) is 0 Å². The lowest BCUT2D eigenvalue weighted by molar-refractivity contribution is 0.343. The van der Waals surface area contributed by atoms with E-state index < -0.39 is 0 Å². The molecule has 7 rings (SSSR count).